The molecule has 2 heterocycles. The Morgan fingerprint density at radius 2 is 2.17 bits per heavy atom. The first-order valence-corrected chi connectivity index (χ1v) is 7.10. The Hall–Kier alpha value is -2.93. The van der Waals surface area contributed by atoms with E-state index >= 15 is 0 Å². The second-order valence-corrected chi connectivity index (χ2v) is 5.22. The van der Waals surface area contributed by atoms with E-state index in [0.717, 1.165) is 0 Å². The van der Waals surface area contributed by atoms with E-state index < -0.39 is 5.91 Å². The van der Waals surface area contributed by atoms with Crippen LogP contribution in [-0.4, -0.2) is 37.7 Å². The summed E-state index contributed by atoms with van der Waals surface area (Å²) in [6.45, 7) is 1.60. The third-order valence-corrected chi connectivity index (χ3v) is 3.71. The highest BCUT2D eigenvalue weighted by molar-refractivity contribution is 6.04. The van der Waals surface area contributed by atoms with E-state index in [2.05, 4.69) is 15.0 Å². The lowest BCUT2D eigenvalue weighted by atomic mass is 10.0. The van der Waals surface area contributed by atoms with Crippen LogP contribution in [-0.2, 0) is 6.42 Å². The molecule has 2 aromatic heterocycles. The van der Waals surface area contributed by atoms with Crippen LogP contribution in [0, 0.1) is 6.92 Å². The number of aromatic amines is 1. The Kier molecular flexibility index (Phi) is 3.71. The highest BCUT2D eigenvalue weighted by Crippen LogP contribution is 2.34. The molecule has 3 rings (SSSR count). The Bertz CT molecular complexity index is 902. The van der Waals surface area contributed by atoms with Crippen molar-refractivity contribution in [2.45, 2.75) is 13.3 Å². The molecule has 23 heavy (non-hydrogen) atoms. The summed E-state index contributed by atoms with van der Waals surface area (Å²) in [4.78, 5) is 23.1. The van der Waals surface area contributed by atoms with Crippen LogP contribution in [0.5, 0.6) is 5.75 Å². The zero-order valence-corrected chi connectivity index (χ0v) is 12.5. The minimum atomic E-state index is -0.570. The van der Waals surface area contributed by atoms with Gasteiger partial charge in [-0.1, -0.05) is 6.07 Å². The molecule has 0 unspecified atom stereocenters. The fourth-order valence-electron chi connectivity index (χ4n) is 2.56. The number of nitrogens with zero attached hydrogens (tertiary/aromatic N) is 2. The van der Waals surface area contributed by atoms with E-state index in [1.807, 2.05) is 0 Å². The fourth-order valence-corrected chi connectivity index (χ4v) is 2.56. The van der Waals surface area contributed by atoms with Crippen LogP contribution >= 0.6 is 0 Å². The summed E-state index contributed by atoms with van der Waals surface area (Å²) in [5.74, 6) is -0.171. The average Bonchev–Trinajstić information content (AvgIpc) is 2.94. The number of aromatic hydroxyl groups is 1. The number of nitrogens with one attached hydrogen (secondary N) is 1. The van der Waals surface area contributed by atoms with Crippen molar-refractivity contribution in [2.75, 3.05) is 6.61 Å². The lowest BCUT2D eigenvalue weighted by Crippen LogP contribution is -2.11. The van der Waals surface area contributed by atoms with Gasteiger partial charge < -0.3 is 20.9 Å². The number of hydrogen-bond acceptors (Lipinski definition) is 5. The monoisotopic (exact) mass is 312 g/mol. The number of rotatable bonds is 4. The Morgan fingerprint density at radius 1 is 1.39 bits per heavy atom. The van der Waals surface area contributed by atoms with E-state index in [1.54, 1.807) is 31.3 Å². The number of hydrogen-bond donors (Lipinski definition) is 4. The lowest BCUT2D eigenvalue weighted by Gasteiger charge is -2.09. The molecule has 1 aromatic carbocycles. The van der Waals surface area contributed by atoms with Crippen LogP contribution in [0.25, 0.3) is 22.4 Å². The van der Waals surface area contributed by atoms with Crippen molar-refractivity contribution in [1.29, 1.82) is 0 Å². The van der Waals surface area contributed by atoms with E-state index in [1.165, 1.54) is 0 Å². The molecule has 0 saturated heterocycles. The number of pyridine rings is 1. The third-order valence-electron chi connectivity index (χ3n) is 3.71. The molecule has 0 spiro atoms. The predicted molar refractivity (Wildman–Crippen MR) is 85.0 cm³/mol. The summed E-state index contributed by atoms with van der Waals surface area (Å²) in [7, 11) is 0. The lowest BCUT2D eigenvalue weighted by molar-refractivity contribution is 0.100. The molecule has 3 aromatic rings. The van der Waals surface area contributed by atoms with Gasteiger partial charge in [0.25, 0.3) is 5.91 Å². The van der Waals surface area contributed by atoms with Gasteiger partial charge in [0, 0.05) is 12.8 Å². The number of amides is 1. The molecule has 7 nitrogen and oxygen atoms in total. The average molecular weight is 312 g/mol. The first-order valence-electron chi connectivity index (χ1n) is 7.10. The zero-order valence-electron chi connectivity index (χ0n) is 12.5. The van der Waals surface area contributed by atoms with E-state index in [4.69, 9.17) is 5.73 Å². The molecule has 0 bridgehead atoms. The van der Waals surface area contributed by atoms with Crippen molar-refractivity contribution in [3.63, 3.8) is 0 Å². The standard InChI is InChI=1S/C16H16N4O3/c1-8-14(22)12(9(5-6-21)7-18-8)16-19-11-4-2-3-10(15(17)23)13(11)20-16/h2-4,7,21-22H,5-6H2,1H3,(H2,17,23)(H,19,20). The van der Waals surface area contributed by atoms with Gasteiger partial charge in [0.1, 0.15) is 17.1 Å². The van der Waals surface area contributed by atoms with Crippen LogP contribution in [0.1, 0.15) is 21.6 Å². The van der Waals surface area contributed by atoms with Crippen molar-refractivity contribution in [3.8, 4) is 17.1 Å². The molecule has 0 aliphatic heterocycles. The number of H-pyrrole nitrogens is 1. The molecule has 0 radical (unpaired) electrons. The van der Waals surface area contributed by atoms with Gasteiger partial charge in [-0.05, 0) is 31.0 Å². The topological polar surface area (TPSA) is 125 Å². The molecule has 0 fully saturated rings. The number of aromatic nitrogens is 3. The van der Waals surface area contributed by atoms with Crippen molar-refractivity contribution < 1.29 is 15.0 Å². The number of aliphatic hydroxyl groups excluding tert-OH is 1. The van der Waals surface area contributed by atoms with E-state index in [9.17, 15) is 15.0 Å². The highest BCUT2D eigenvalue weighted by Gasteiger charge is 2.19. The Morgan fingerprint density at radius 3 is 2.87 bits per heavy atom. The summed E-state index contributed by atoms with van der Waals surface area (Å²) in [5.41, 5.74) is 8.35. The zero-order chi connectivity index (χ0) is 16.6. The fraction of sp³-hybridized carbons (Fsp3) is 0.188. The van der Waals surface area contributed by atoms with Crippen LogP contribution in [0.2, 0.25) is 0 Å². The SMILES string of the molecule is Cc1ncc(CCO)c(-c2nc3c(C(N)=O)cccc3[nH]2)c1O. The smallest absolute Gasteiger partial charge is 0.250 e. The molecular weight excluding hydrogens is 296 g/mol. The predicted octanol–water partition coefficient (Wildman–Crippen LogP) is 1.27. The molecule has 7 heteroatoms. The molecule has 118 valence electrons. The van der Waals surface area contributed by atoms with Crippen molar-refractivity contribution in [3.05, 3.63) is 41.2 Å². The molecule has 5 N–H and O–H groups in total. The molecule has 0 aliphatic carbocycles. The summed E-state index contributed by atoms with van der Waals surface area (Å²) < 4.78 is 0. The van der Waals surface area contributed by atoms with E-state index in [0.29, 0.717) is 45.7 Å². The van der Waals surface area contributed by atoms with Crippen LogP contribution in [0.4, 0.5) is 0 Å². The first-order chi connectivity index (χ1) is 11.0. The number of aliphatic hydroxyl groups is 1. The molecule has 0 saturated carbocycles. The number of aryl methyl sites for hydroxylation is 1. The maximum atomic E-state index is 11.5. The van der Waals surface area contributed by atoms with Crippen molar-refractivity contribution >= 4 is 16.9 Å². The minimum absolute atomic E-state index is 0.00405. The van der Waals surface area contributed by atoms with Gasteiger partial charge in [0.2, 0.25) is 0 Å². The van der Waals surface area contributed by atoms with Crippen LogP contribution in [0.3, 0.4) is 0 Å². The number of carbonyl (C=O) groups excluding carboxylic acids is 1. The highest BCUT2D eigenvalue weighted by atomic mass is 16.3. The normalized spacial score (nSPS) is 11.0. The van der Waals surface area contributed by atoms with Crippen molar-refractivity contribution in [2.24, 2.45) is 5.73 Å². The number of imidazole rings is 1. The third kappa shape index (κ3) is 2.51. The summed E-state index contributed by atoms with van der Waals surface area (Å²) in [6.07, 6.45) is 1.93. The second kappa shape index (κ2) is 5.69. The molecule has 0 aliphatic rings. The summed E-state index contributed by atoms with van der Waals surface area (Å²) in [6, 6.07) is 5.08. The quantitative estimate of drug-likeness (QED) is 0.577. The van der Waals surface area contributed by atoms with Crippen molar-refractivity contribution in [1.82, 2.24) is 15.0 Å². The number of fused-ring (bicyclic) bond motifs is 1. The Labute approximate surface area is 131 Å². The van der Waals surface area contributed by atoms with Gasteiger partial charge >= 0.3 is 0 Å². The second-order valence-electron chi connectivity index (χ2n) is 5.22. The molecule has 1 amide bonds. The van der Waals surface area contributed by atoms with E-state index in [-0.39, 0.29) is 12.4 Å². The van der Waals surface area contributed by atoms with Gasteiger partial charge in [0.15, 0.2) is 0 Å². The van der Waals surface area contributed by atoms with Gasteiger partial charge in [-0.15, -0.1) is 0 Å². The maximum Gasteiger partial charge on any atom is 0.250 e. The summed E-state index contributed by atoms with van der Waals surface area (Å²) >= 11 is 0. The van der Waals surface area contributed by atoms with Gasteiger partial charge in [0.05, 0.1) is 22.3 Å². The van der Waals surface area contributed by atoms with Gasteiger partial charge in [-0.25, -0.2) is 4.98 Å². The minimum Gasteiger partial charge on any atom is -0.505 e. The Balaban J connectivity index is 2.27. The van der Waals surface area contributed by atoms with Crippen LogP contribution < -0.4 is 5.73 Å². The number of para-hydroxylation sites is 1. The maximum absolute atomic E-state index is 11.5. The van der Waals surface area contributed by atoms with Gasteiger partial charge in [-0.3, -0.25) is 9.78 Å². The summed E-state index contributed by atoms with van der Waals surface area (Å²) in [5, 5.41) is 19.6. The van der Waals surface area contributed by atoms with Gasteiger partial charge in [-0.2, -0.15) is 0 Å². The number of carbonyl (C=O) groups is 1. The molecular formula is C16H16N4O3. The number of primary amides is 1. The number of benzene rings is 1. The van der Waals surface area contributed by atoms with Crippen LogP contribution in [0.15, 0.2) is 24.4 Å². The molecule has 0 atom stereocenters. The number of nitrogens with two attached hydrogens (primary N) is 1. The largest absolute Gasteiger partial charge is 0.505 e. The first kappa shape index (κ1) is 15.0.